The van der Waals surface area contributed by atoms with Crippen LogP contribution in [0.5, 0.6) is 5.75 Å². The van der Waals surface area contributed by atoms with E-state index < -0.39 is 0 Å². The Labute approximate surface area is 323 Å². The standard InChI is InChI=1S/C42H56N10O3/c1-42(2,3)37-27-39(52(47-37)31-11-9-10-30(26-31)28-49-22-20-48(21-23-49)24-25-53)46-41(54)45-35-15-16-36(34-13-6-5-12-33(34)35)55-32-14-17-38(43)51(29-32)40(44)50-18-7-4-8-19-50/h5-6,9-14,17,26-27,29,35-36,43-44,53H,4,7-8,15-16,18-25,28H2,1-3H3,(H2,45,46,54)/t35-,36+/m0/s1. The zero-order chi connectivity index (χ0) is 38.5. The molecule has 3 aliphatic rings. The normalized spacial score (nSPS) is 19.5. The van der Waals surface area contributed by atoms with E-state index in [1.165, 1.54) is 12.0 Å². The minimum Gasteiger partial charge on any atom is -0.484 e. The Balaban J connectivity index is 1.04. The van der Waals surface area contributed by atoms with Gasteiger partial charge in [-0.15, -0.1) is 0 Å². The molecule has 2 aromatic heterocycles. The number of aliphatic hydroxyl groups excluding tert-OH is 1. The molecule has 4 aromatic rings. The van der Waals surface area contributed by atoms with Crippen molar-refractivity contribution in [1.29, 1.82) is 10.8 Å². The van der Waals surface area contributed by atoms with E-state index in [1.807, 2.05) is 39.9 Å². The summed E-state index contributed by atoms with van der Waals surface area (Å²) in [6.07, 6.45) is 6.17. The van der Waals surface area contributed by atoms with Gasteiger partial charge in [0.15, 0.2) is 0 Å². The molecule has 13 heteroatoms. The maximum Gasteiger partial charge on any atom is 0.320 e. The molecule has 2 aromatic carbocycles. The van der Waals surface area contributed by atoms with Crippen LogP contribution in [0.25, 0.3) is 5.69 Å². The van der Waals surface area contributed by atoms with Crippen molar-refractivity contribution in [3.05, 3.63) is 101 Å². The van der Waals surface area contributed by atoms with Gasteiger partial charge >= 0.3 is 6.03 Å². The van der Waals surface area contributed by atoms with Crippen LogP contribution >= 0.6 is 0 Å². The van der Waals surface area contributed by atoms with Crippen LogP contribution in [0, 0.1) is 10.8 Å². The molecule has 0 radical (unpaired) electrons. The Morgan fingerprint density at radius 2 is 1.65 bits per heavy atom. The summed E-state index contributed by atoms with van der Waals surface area (Å²) in [7, 11) is 0. The number of nitrogens with zero attached hydrogens (tertiary/aromatic N) is 6. The number of amides is 2. The monoisotopic (exact) mass is 748 g/mol. The van der Waals surface area contributed by atoms with Crippen molar-refractivity contribution in [1.82, 2.24) is 34.4 Å². The number of β-amino-alcohol motifs (C(OH)–C–C–N with tert-alkyl or cyclic N) is 1. The van der Waals surface area contributed by atoms with Crippen molar-refractivity contribution in [2.24, 2.45) is 0 Å². The molecule has 0 saturated carbocycles. The van der Waals surface area contributed by atoms with Crippen molar-refractivity contribution >= 4 is 17.8 Å². The predicted octanol–water partition coefficient (Wildman–Crippen LogP) is 5.61. The van der Waals surface area contributed by atoms with E-state index in [4.69, 9.17) is 20.7 Å². The molecule has 2 aliphatic heterocycles. The van der Waals surface area contributed by atoms with Crippen LogP contribution < -0.4 is 20.9 Å². The van der Waals surface area contributed by atoms with E-state index in [2.05, 4.69) is 65.5 Å². The van der Waals surface area contributed by atoms with Crippen LogP contribution in [0.4, 0.5) is 10.6 Å². The van der Waals surface area contributed by atoms with Crippen LogP contribution in [-0.4, -0.2) is 98.6 Å². The lowest BCUT2D eigenvalue weighted by molar-refractivity contribution is 0.108. The maximum atomic E-state index is 13.8. The largest absolute Gasteiger partial charge is 0.484 e. The summed E-state index contributed by atoms with van der Waals surface area (Å²) < 4.78 is 9.99. The topological polar surface area (TPSA) is 151 Å². The SMILES string of the molecule is CC(C)(C)c1cc(NC(=O)N[C@H]2CC[C@@H](Oc3ccc(=N)n(C(=N)N4CCCCC4)c3)c3ccccc32)n(-c2cccc(CN3CCN(CCO)CC3)c2)n1. The molecule has 7 rings (SSSR count). The molecular weight excluding hydrogens is 693 g/mol. The van der Waals surface area contributed by atoms with Gasteiger partial charge in [-0.05, 0) is 73.1 Å². The molecule has 0 bridgehead atoms. The van der Waals surface area contributed by atoms with E-state index in [1.54, 1.807) is 22.9 Å². The third-order valence-electron chi connectivity index (χ3n) is 11.0. The van der Waals surface area contributed by atoms with Crippen molar-refractivity contribution in [2.45, 2.75) is 77.0 Å². The number of ether oxygens (including phenoxy) is 1. The molecule has 2 saturated heterocycles. The number of piperazine rings is 1. The minimum absolute atomic E-state index is 0.192. The lowest BCUT2D eigenvalue weighted by Gasteiger charge is -2.34. The highest BCUT2D eigenvalue weighted by Crippen LogP contribution is 2.39. The number of hydrogen-bond donors (Lipinski definition) is 5. The number of likely N-dealkylation sites (tertiary alicyclic amines) is 1. The average Bonchev–Trinajstić information content (AvgIpc) is 3.62. The second-order valence-electron chi connectivity index (χ2n) is 16.0. The lowest BCUT2D eigenvalue weighted by atomic mass is 9.85. The average molecular weight is 749 g/mol. The van der Waals surface area contributed by atoms with Gasteiger partial charge in [-0.2, -0.15) is 5.10 Å². The smallest absolute Gasteiger partial charge is 0.320 e. The van der Waals surface area contributed by atoms with E-state index in [0.717, 1.165) is 87.7 Å². The zero-order valence-electron chi connectivity index (χ0n) is 32.4. The predicted molar refractivity (Wildman–Crippen MR) is 214 cm³/mol. The number of benzene rings is 2. The Hall–Kier alpha value is -4.98. The highest BCUT2D eigenvalue weighted by molar-refractivity contribution is 5.89. The number of aromatic nitrogens is 3. The highest BCUT2D eigenvalue weighted by atomic mass is 16.5. The highest BCUT2D eigenvalue weighted by Gasteiger charge is 2.30. The number of rotatable bonds is 9. The van der Waals surface area contributed by atoms with Gasteiger partial charge in [-0.1, -0.05) is 57.2 Å². The van der Waals surface area contributed by atoms with Crippen LogP contribution in [0.1, 0.15) is 87.4 Å². The number of anilines is 1. The lowest BCUT2D eigenvalue weighted by Crippen LogP contribution is -2.46. The summed E-state index contributed by atoms with van der Waals surface area (Å²) in [5, 5.41) is 37.9. The van der Waals surface area contributed by atoms with E-state index in [0.29, 0.717) is 30.4 Å². The van der Waals surface area contributed by atoms with E-state index in [9.17, 15) is 9.90 Å². The fourth-order valence-electron chi connectivity index (χ4n) is 7.87. The van der Waals surface area contributed by atoms with Gasteiger partial charge in [0.2, 0.25) is 5.96 Å². The summed E-state index contributed by atoms with van der Waals surface area (Å²) in [6.45, 7) is 13.5. The molecular formula is C42H56N10O3. The number of piperidine rings is 1. The number of pyridine rings is 1. The second-order valence-corrected chi connectivity index (χ2v) is 16.0. The summed E-state index contributed by atoms with van der Waals surface area (Å²) in [6, 6.07) is 21.4. The van der Waals surface area contributed by atoms with E-state index >= 15 is 0 Å². The van der Waals surface area contributed by atoms with Gasteiger partial charge in [0, 0.05) is 63.8 Å². The van der Waals surface area contributed by atoms with Gasteiger partial charge in [-0.3, -0.25) is 30.5 Å². The van der Waals surface area contributed by atoms with Crippen LogP contribution in [0.3, 0.4) is 0 Å². The van der Waals surface area contributed by atoms with Gasteiger partial charge in [0.1, 0.15) is 23.2 Å². The molecule has 13 nitrogen and oxygen atoms in total. The van der Waals surface area contributed by atoms with Crippen molar-refractivity contribution in [3.63, 3.8) is 0 Å². The molecule has 0 unspecified atom stereocenters. The molecule has 0 spiro atoms. The summed E-state index contributed by atoms with van der Waals surface area (Å²) in [5.74, 6) is 1.51. The fourth-order valence-corrected chi connectivity index (χ4v) is 7.87. The van der Waals surface area contributed by atoms with Gasteiger partial charge < -0.3 is 20.1 Å². The molecule has 2 amide bonds. The first-order chi connectivity index (χ1) is 26.6. The summed E-state index contributed by atoms with van der Waals surface area (Å²) >= 11 is 0. The first-order valence-electron chi connectivity index (χ1n) is 19.8. The number of aliphatic hydroxyl groups is 1. The third-order valence-corrected chi connectivity index (χ3v) is 11.0. The number of carbonyl (C=O) groups is 1. The number of fused-ring (bicyclic) bond motifs is 1. The summed E-state index contributed by atoms with van der Waals surface area (Å²) in [4.78, 5) is 20.6. The Bertz CT molecular complexity index is 2020. The van der Waals surface area contributed by atoms with Crippen LogP contribution in [-0.2, 0) is 12.0 Å². The van der Waals surface area contributed by atoms with Gasteiger partial charge in [0.25, 0.3) is 0 Å². The minimum atomic E-state index is -0.305. The van der Waals surface area contributed by atoms with Crippen molar-refractivity contribution in [2.75, 3.05) is 57.7 Å². The Morgan fingerprint density at radius 1 is 0.909 bits per heavy atom. The number of carbonyl (C=O) groups excluding carboxylic acids is 1. The maximum absolute atomic E-state index is 13.8. The molecule has 2 atom stereocenters. The Kier molecular flexibility index (Phi) is 11.7. The number of nitrogens with one attached hydrogen (secondary N) is 4. The van der Waals surface area contributed by atoms with Crippen molar-refractivity contribution < 1.29 is 14.6 Å². The van der Waals surface area contributed by atoms with Crippen molar-refractivity contribution in [3.8, 4) is 11.4 Å². The first kappa shape index (κ1) is 38.3. The van der Waals surface area contributed by atoms with Crippen LogP contribution in [0.15, 0.2) is 72.9 Å². The van der Waals surface area contributed by atoms with Crippen LogP contribution in [0.2, 0.25) is 0 Å². The molecule has 2 fully saturated rings. The molecule has 55 heavy (non-hydrogen) atoms. The quantitative estimate of drug-likeness (QED) is 0.110. The van der Waals surface area contributed by atoms with Gasteiger partial charge in [-0.25, -0.2) is 9.48 Å². The van der Waals surface area contributed by atoms with Gasteiger partial charge in [0.05, 0.1) is 30.2 Å². The molecule has 4 heterocycles. The number of urea groups is 1. The van der Waals surface area contributed by atoms with E-state index in [-0.39, 0.29) is 35.7 Å². The Morgan fingerprint density at radius 3 is 2.40 bits per heavy atom. The molecule has 5 N–H and O–H groups in total. The zero-order valence-corrected chi connectivity index (χ0v) is 32.4. The second kappa shape index (κ2) is 16.8. The number of hydrogen-bond acceptors (Lipinski definition) is 8. The molecule has 1 aliphatic carbocycles. The summed E-state index contributed by atoms with van der Waals surface area (Å²) in [5.41, 5.74) is 4.98. The fraction of sp³-hybridized carbons (Fsp3) is 0.476. The first-order valence-corrected chi connectivity index (χ1v) is 19.8. The third kappa shape index (κ3) is 9.12. The molecule has 292 valence electrons.